The first kappa shape index (κ1) is 15.5. The van der Waals surface area contributed by atoms with Gasteiger partial charge in [0.25, 0.3) is 0 Å². The highest BCUT2D eigenvalue weighted by atomic mass is 79.9. The van der Waals surface area contributed by atoms with Gasteiger partial charge in [-0.15, -0.1) is 0 Å². The van der Waals surface area contributed by atoms with Crippen LogP contribution in [0, 0.1) is 0 Å². The van der Waals surface area contributed by atoms with E-state index in [0.29, 0.717) is 18.8 Å². The molecule has 2 aromatic carbocycles. The molecule has 0 aliphatic rings. The van der Waals surface area contributed by atoms with Crippen LogP contribution >= 0.6 is 15.9 Å². The van der Waals surface area contributed by atoms with E-state index < -0.39 is 0 Å². The molecule has 1 amide bonds. The minimum atomic E-state index is -0.0536. The number of aromatic nitrogens is 2. The summed E-state index contributed by atoms with van der Waals surface area (Å²) in [6.45, 7) is 0.627. The molecule has 0 spiro atoms. The van der Waals surface area contributed by atoms with Crippen LogP contribution < -0.4 is 5.32 Å². The number of hydrogen-bond donors (Lipinski definition) is 1. The van der Waals surface area contributed by atoms with Crippen molar-refractivity contribution in [2.75, 3.05) is 5.32 Å². The molecule has 4 nitrogen and oxygen atoms in total. The number of amides is 1. The van der Waals surface area contributed by atoms with Gasteiger partial charge in [-0.3, -0.25) is 4.79 Å². The van der Waals surface area contributed by atoms with Crippen LogP contribution in [0.25, 0.3) is 0 Å². The Kier molecular flexibility index (Phi) is 4.88. The van der Waals surface area contributed by atoms with Gasteiger partial charge in [0, 0.05) is 10.5 Å². The highest BCUT2D eigenvalue weighted by molar-refractivity contribution is 9.10. The van der Waals surface area contributed by atoms with E-state index in [0.717, 1.165) is 15.6 Å². The second kappa shape index (κ2) is 7.24. The maximum Gasteiger partial charge on any atom is 0.229 e. The minimum absolute atomic E-state index is 0.0536. The molecule has 0 atom stereocenters. The first-order chi connectivity index (χ1) is 11.2. The van der Waals surface area contributed by atoms with Gasteiger partial charge < -0.3 is 5.32 Å². The largest absolute Gasteiger partial charge is 0.311 e. The number of nitrogens with one attached hydrogen (secondary N) is 1. The number of halogens is 1. The Morgan fingerprint density at radius 2 is 1.74 bits per heavy atom. The summed E-state index contributed by atoms with van der Waals surface area (Å²) < 4.78 is 2.79. The fourth-order valence-corrected chi connectivity index (χ4v) is 2.56. The van der Waals surface area contributed by atoms with E-state index >= 15 is 0 Å². The van der Waals surface area contributed by atoms with E-state index in [2.05, 4.69) is 26.3 Å². The van der Waals surface area contributed by atoms with Crippen LogP contribution in [0.4, 0.5) is 5.82 Å². The van der Waals surface area contributed by atoms with Gasteiger partial charge in [-0.2, -0.15) is 5.10 Å². The summed E-state index contributed by atoms with van der Waals surface area (Å²) in [5, 5.41) is 7.20. The van der Waals surface area contributed by atoms with Crippen molar-refractivity contribution in [1.29, 1.82) is 0 Å². The van der Waals surface area contributed by atoms with Gasteiger partial charge in [0.2, 0.25) is 5.91 Å². The summed E-state index contributed by atoms with van der Waals surface area (Å²) in [4.78, 5) is 12.2. The number of benzene rings is 2. The average Bonchev–Trinajstić information content (AvgIpc) is 2.97. The number of rotatable bonds is 5. The second-order valence-electron chi connectivity index (χ2n) is 5.21. The molecule has 5 heteroatoms. The Morgan fingerprint density at radius 1 is 1.00 bits per heavy atom. The highest BCUT2D eigenvalue weighted by Crippen LogP contribution is 2.13. The predicted octanol–water partition coefficient (Wildman–Crippen LogP) is 3.88. The third kappa shape index (κ3) is 4.29. The molecule has 0 unspecified atom stereocenters. The quantitative estimate of drug-likeness (QED) is 0.741. The molecule has 0 saturated carbocycles. The maximum absolute atomic E-state index is 12.2. The predicted molar refractivity (Wildman–Crippen MR) is 94.2 cm³/mol. The normalized spacial score (nSPS) is 10.5. The van der Waals surface area contributed by atoms with Crippen molar-refractivity contribution >= 4 is 27.7 Å². The summed E-state index contributed by atoms with van der Waals surface area (Å²) in [5.74, 6) is 0.651. The standard InChI is InChI=1S/C18H16BrN3O/c19-16-8-6-14(7-9-16)12-18(23)21-17-10-11-20-22(17)13-15-4-2-1-3-5-15/h1-11H,12-13H2,(H,21,23). The number of hydrogen-bond acceptors (Lipinski definition) is 2. The van der Waals surface area contributed by atoms with Gasteiger partial charge >= 0.3 is 0 Å². The monoisotopic (exact) mass is 369 g/mol. The van der Waals surface area contributed by atoms with Crippen molar-refractivity contribution in [3.63, 3.8) is 0 Å². The fraction of sp³-hybridized carbons (Fsp3) is 0.111. The molecule has 0 saturated heterocycles. The molecule has 1 aromatic heterocycles. The topological polar surface area (TPSA) is 46.9 Å². The van der Waals surface area contributed by atoms with E-state index in [4.69, 9.17) is 0 Å². The third-order valence-corrected chi connectivity index (χ3v) is 3.97. The molecule has 0 aliphatic carbocycles. The molecule has 1 heterocycles. The van der Waals surface area contributed by atoms with Crippen LogP contribution in [0.5, 0.6) is 0 Å². The molecule has 0 bridgehead atoms. The molecular formula is C18H16BrN3O. The van der Waals surface area contributed by atoms with Crippen molar-refractivity contribution in [2.24, 2.45) is 0 Å². The Morgan fingerprint density at radius 3 is 2.48 bits per heavy atom. The lowest BCUT2D eigenvalue weighted by Crippen LogP contribution is -2.18. The lowest BCUT2D eigenvalue weighted by atomic mass is 10.1. The first-order valence-electron chi connectivity index (χ1n) is 7.31. The Balaban J connectivity index is 1.65. The zero-order valence-electron chi connectivity index (χ0n) is 12.4. The minimum Gasteiger partial charge on any atom is -0.311 e. The van der Waals surface area contributed by atoms with E-state index in [9.17, 15) is 4.79 Å². The van der Waals surface area contributed by atoms with Crippen LogP contribution in [0.15, 0.2) is 71.3 Å². The third-order valence-electron chi connectivity index (χ3n) is 3.44. The number of nitrogens with zero attached hydrogens (tertiary/aromatic N) is 2. The molecule has 3 aromatic rings. The summed E-state index contributed by atoms with van der Waals surface area (Å²) >= 11 is 3.39. The summed E-state index contributed by atoms with van der Waals surface area (Å²) in [5.41, 5.74) is 2.11. The molecule has 3 rings (SSSR count). The second-order valence-corrected chi connectivity index (χ2v) is 6.13. The molecular weight excluding hydrogens is 354 g/mol. The molecule has 1 N–H and O–H groups in total. The zero-order chi connectivity index (χ0) is 16.1. The lowest BCUT2D eigenvalue weighted by Gasteiger charge is -2.09. The van der Waals surface area contributed by atoms with E-state index in [-0.39, 0.29) is 5.91 Å². The Bertz CT molecular complexity index is 782. The van der Waals surface area contributed by atoms with Gasteiger partial charge in [0.05, 0.1) is 19.2 Å². The van der Waals surface area contributed by atoms with Crippen molar-refractivity contribution in [2.45, 2.75) is 13.0 Å². The van der Waals surface area contributed by atoms with Crippen LogP contribution in [-0.4, -0.2) is 15.7 Å². The van der Waals surface area contributed by atoms with Crippen LogP contribution in [0.2, 0.25) is 0 Å². The summed E-state index contributed by atoms with van der Waals surface area (Å²) in [6, 6.07) is 19.6. The SMILES string of the molecule is O=C(Cc1ccc(Br)cc1)Nc1ccnn1Cc1ccccc1. The van der Waals surface area contributed by atoms with Gasteiger partial charge in [0.15, 0.2) is 0 Å². The Labute approximate surface area is 143 Å². The van der Waals surface area contributed by atoms with Crippen molar-refractivity contribution in [3.05, 3.63) is 82.5 Å². The van der Waals surface area contributed by atoms with Gasteiger partial charge in [0.1, 0.15) is 5.82 Å². The molecule has 0 aliphatic heterocycles. The Hall–Kier alpha value is -2.40. The number of anilines is 1. The van der Waals surface area contributed by atoms with Crippen molar-refractivity contribution in [1.82, 2.24) is 9.78 Å². The first-order valence-corrected chi connectivity index (χ1v) is 8.10. The van der Waals surface area contributed by atoms with E-state index in [1.807, 2.05) is 60.7 Å². The van der Waals surface area contributed by atoms with E-state index in [1.54, 1.807) is 10.9 Å². The van der Waals surface area contributed by atoms with Crippen LogP contribution in [0.1, 0.15) is 11.1 Å². The van der Waals surface area contributed by atoms with Crippen LogP contribution in [-0.2, 0) is 17.8 Å². The number of carbonyl (C=O) groups excluding carboxylic acids is 1. The molecule has 0 fully saturated rings. The zero-order valence-corrected chi connectivity index (χ0v) is 14.0. The molecule has 0 radical (unpaired) electrons. The summed E-state index contributed by atoms with van der Waals surface area (Å²) in [6.07, 6.45) is 2.03. The van der Waals surface area contributed by atoms with Gasteiger partial charge in [-0.1, -0.05) is 58.4 Å². The molecule has 116 valence electrons. The van der Waals surface area contributed by atoms with Crippen molar-refractivity contribution < 1.29 is 4.79 Å². The fourth-order valence-electron chi connectivity index (χ4n) is 2.30. The highest BCUT2D eigenvalue weighted by Gasteiger charge is 2.08. The van der Waals surface area contributed by atoms with Crippen molar-refractivity contribution in [3.8, 4) is 0 Å². The summed E-state index contributed by atoms with van der Waals surface area (Å²) in [7, 11) is 0. The maximum atomic E-state index is 12.2. The smallest absolute Gasteiger partial charge is 0.229 e. The molecule has 23 heavy (non-hydrogen) atoms. The van der Waals surface area contributed by atoms with E-state index in [1.165, 1.54) is 0 Å². The number of carbonyl (C=O) groups is 1. The van der Waals surface area contributed by atoms with Gasteiger partial charge in [-0.05, 0) is 23.3 Å². The van der Waals surface area contributed by atoms with Crippen LogP contribution in [0.3, 0.4) is 0 Å². The van der Waals surface area contributed by atoms with Gasteiger partial charge in [-0.25, -0.2) is 4.68 Å². The average molecular weight is 370 g/mol. The lowest BCUT2D eigenvalue weighted by molar-refractivity contribution is -0.115.